The summed E-state index contributed by atoms with van der Waals surface area (Å²) in [5.74, 6) is 1.76. The molecule has 0 aromatic rings. The third-order valence-electron chi connectivity index (χ3n) is 6.36. The fourth-order valence-corrected chi connectivity index (χ4v) is 5.06. The zero-order valence-corrected chi connectivity index (χ0v) is 14.4. The van der Waals surface area contributed by atoms with Crippen LogP contribution >= 0.6 is 0 Å². The van der Waals surface area contributed by atoms with Crippen molar-refractivity contribution in [1.82, 2.24) is 15.1 Å². The van der Waals surface area contributed by atoms with Crippen LogP contribution in [-0.2, 0) is 0 Å². The molecule has 0 bridgehead atoms. The lowest BCUT2D eigenvalue weighted by molar-refractivity contribution is 0.0115. The Kier molecular flexibility index (Phi) is 5.23. The third kappa shape index (κ3) is 3.62. The molecule has 3 nitrogen and oxygen atoms in total. The van der Waals surface area contributed by atoms with Crippen LogP contribution in [0.1, 0.15) is 52.4 Å². The molecule has 0 amide bonds. The van der Waals surface area contributed by atoms with Gasteiger partial charge in [-0.2, -0.15) is 0 Å². The minimum Gasteiger partial charge on any atom is -0.311 e. The first-order chi connectivity index (χ1) is 10.1. The second kappa shape index (κ2) is 6.97. The van der Waals surface area contributed by atoms with Crippen molar-refractivity contribution < 1.29 is 0 Å². The molecule has 3 rings (SSSR count). The fraction of sp³-hybridized carbons (Fsp3) is 1.00. The van der Waals surface area contributed by atoms with E-state index in [9.17, 15) is 0 Å². The third-order valence-corrected chi connectivity index (χ3v) is 6.36. The number of likely N-dealkylation sites (tertiary alicyclic amines) is 1. The predicted octanol–water partition coefficient (Wildman–Crippen LogP) is 2.57. The highest BCUT2D eigenvalue weighted by molar-refractivity contribution is 4.94. The summed E-state index contributed by atoms with van der Waals surface area (Å²) in [6.07, 6.45) is 8.67. The molecule has 2 aliphatic heterocycles. The molecule has 0 aromatic heterocycles. The highest BCUT2D eigenvalue weighted by Gasteiger charge is 2.37. The molecule has 3 aliphatic rings. The van der Waals surface area contributed by atoms with E-state index in [2.05, 4.69) is 36.0 Å². The molecule has 2 saturated heterocycles. The second-order valence-corrected chi connectivity index (χ2v) is 8.05. The number of hydrogen-bond donors (Lipinski definition) is 1. The van der Waals surface area contributed by atoms with E-state index in [0.29, 0.717) is 6.04 Å². The van der Waals surface area contributed by atoms with Gasteiger partial charge < -0.3 is 10.2 Å². The lowest BCUT2D eigenvalue weighted by Crippen LogP contribution is -2.63. The first kappa shape index (κ1) is 15.8. The standard InChI is InChI=1S/C18H35N3/c1-14-12-20(3)10-9-18(14)21-13-17(19-11-15(21)2)16-7-5-4-6-8-16/h14-19H,4-13H2,1-3H3. The van der Waals surface area contributed by atoms with Gasteiger partial charge in [0.2, 0.25) is 0 Å². The maximum absolute atomic E-state index is 3.88. The Morgan fingerprint density at radius 2 is 1.71 bits per heavy atom. The molecular formula is C18H35N3. The summed E-state index contributed by atoms with van der Waals surface area (Å²) in [5, 5.41) is 3.88. The van der Waals surface area contributed by atoms with E-state index in [0.717, 1.165) is 23.9 Å². The van der Waals surface area contributed by atoms with Gasteiger partial charge in [0.15, 0.2) is 0 Å². The summed E-state index contributed by atoms with van der Waals surface area (Å²) in [6, 6.07) is 2.28. The Morgan fingerprint density at radius 3 is 2.43 bits per heavy atom. The van der Waals surface area contributed by atoms with E-state index in [1.54, 1.807) is 0 Å². The largest absolute Gasteiger partial charge is 0.311 e. The quantitative estimate of drug-likeness (QED) is 0.844. The summed E-state index contributed by atoms with van der Waals surface area (Å²) >= 11 is 0. The molecule has 122 valence electrons. The SMILES string of the molecule is CC1CN(C)CCC1N1CC(C2CCCCC2)NCC1C. The average molecular weight is 293 g/mol. The van der Waals surface area contributed by atoms with Gasteiger partial charge in [-0.05, 0) is 51.6 Å². The molecule has 3 fully saturated rings. The smallest absolute Gasteiger partial charge is 0.0224 e. The normalized spacial score (nSPS) is 41.3. The van der Waals surface area contributed by atoms with E-state index in [1.807, 2.05) is 0 Å². The second-order valence-electron chi connectivity index (χ2n) is 8.05. The Bertz CT molecular complexity index is 326. The molecule has 4 unspecified atom stereocenters. The molecule has 1 N–H and O–H groups in total. The van der Waals surface area contributed by atoms with Crippen molar-refractivity contribution in [1.29, 1.82) is 0 Å². The zero-order valence-electron chi connectivity index (χ0n) is 14.4. The summed E-state index contributed by atoms with van der Waals surface area (Å²) in [4.78, 5) is 5.38. The molecule has 1 saturated carbocycles. The van der Waals surface area contributed by atoms with E-state index < -0.39 is 0 Å². The van der Waals surface area contributed by atoms with Gasteiger partial charge in [0.25, 0.3) is 0 Å². The highest BCUT2D eigenvalue weighted by atomic mass is 15.3. The van der Waals surface area contributed by atoms with Crippen LogP contribution in [0.4, 0.5) is 0 Å². The van der Waals surface area contributed by atoms with Gasteiger partial charge in [0.05, 0.1) is 0 Å². The van der Waals surface area contributed by atoms with Crippen molar-refractivity contribution in [3.63, 3.8) is 0 Å². The minimum atomic E-state index is 0.709. The molecule has 3 heteroatoms. The van der Waals surface area contributed by atoms with Crippen LogP contribution in [0, 0.1) is 11.8 Å². The Morgan fingerprint density at radius 1 is 0.952 bits per heavy atom. The first-order valence-corrected chi connectivity index (χ1v) is 9.33. The van der Waals surface area contributed by atoms with Crippen LogP contribution in [0.5, 0.6) is 0 Å². The van der Waals surface area contributed by atoms with E-state index >= 15 is 0 Å². The molecular weight excluding hydrogens is 258 g/mol. The molecule has 0 spiro atoms. The van der Waals surface area contributed by atoms with Crippen molar-refractivity contribution in [3.8, 4) is 0 Å². The Balaban J connectivity index is 1.62. The van der Waals surface area contributed by atoms with Crippen molar-refractivity contribution >= 4 is 0 Å². The Hall–Kier alpha value is -0.120. The first-order valence-electron chi connectivity index (χ1n) is 9.33. The van der Waals surface area contributed by atoms with Crippen molar-refractivity contribution in [3.05, 3.63) is 0 Å². The number of nitrogens with one attached hydrogen (secondary N) is 1. The van der Waals surface area contributed by atoms with Gasteiger partial charge in [-0.1, -0.05) is 26.2 Å². The van der Waals surface area contributed by atoms with Crippen LogP contribution in [-0.4, -0.2) is 61.2 Å². The molecule has 0 aromatic carbocycles. The minimum absolute atomic E-state index is 0.709. The van der Waals surface area contributed by atoms with Crippen LogP contribution in [0.15, 0.2) is 0 Å². The van der Waals surface area contributed by atoms with Crippen molar-refractivity contribution in [2.45, 2.75) is 70.5 Å². The van der Waals surface area contributed by atoms with Gasteiger partial charge in [0.1, 0.15) is 0 Å². The van der Waals surface area contributed by atoms with Gasteiger partial charge in [-0.15, -0.1) is 0 Å². The topological polar surface area (TPSA) is 18.5 Å². The monoisotopic (exact) mass is 293 g/mol. The van der Waals surface area contributed by atoms with Crippen LogP contribution in [0.25, 0.3) is 0 Å². The number of nitrogens with zero attached hydrogens (tertiary/aromatic N) is 2. The molecule has 0 radical (unpaired) electrons. The number of piperazine rings is 1. The maximum Gasteiger partial charge on any atom is 0.0224 e. The molecule has 4 atom stereocenters. The van der Waals surface area contributed by atoms with Crippen LogP contribution < -0.4 is 5.32 Å². The van der Waals surface area contributed by atoms with Gasteiger partial charge in [-0.3, -0.25) is 4.90 Å². The maximum atomic E-state index is 3.88. The van der Waals surface area contributed by atoms with Crippen LogP contribution in [0.3, 0.4) is 0 Å². The van der Waals surface area contributed by atoms with Gasteiger partial charge >= 0.3 is 0 Å². The summed E-state index contributed by atoms with van der Waals surface area (Å²) in [6.45, 7) is 9.93. The van der Waals surface area contributed by atoms with Crippen molar-refractivity contribution in [2.24, 2.45) is 11.8 Å². The van der Waals surface area contributed by atoms with Crippen LogP contribution in [0.2, 0.25) is 0 Å². The summed E-state index contributed by atoms with van der Waals surface area (Å²) < 4.78 is 0. The van der Waals surface area contributed by atoms with Crippen molar-refractivity contribution in [2.75, 3.05) is 33.2 Å². The lowest BCUT2D eigenvalue weighted by atomic mass is 9.81. The summed E-state index contributed by atoms with van der Waals surface area (Å²) in [7, 11) is 2.28. The molecule has 1 aliphatic carbocycles. The van der Waals surface area contributed by atoms with E-state index in [4.69, 9.17) is 0 Å². The van der Waals surface area contributed by atoms with Gasteiger partial charge in [-0.25, -0.2) is 0 Å². The number of rotatable bonds is 2. The average Bonchev–Trinajstić information content (AvgIpc) is 2.49. The molecule has 2 heterocycles. The predicted molar refractivity (Wildman–Crippen MR) is 89.6 cm³/mol. The Labute approximate surface area is 131 Å². The summed E-state index contributed by atoms with van der Waals surface area (Å²) in [5.41, 5.74) is 0. The van der Waals surface area contributed by atoms with Gasteiger partial charge in [0, 0.05) is 37.8 Å². The highest BCUT2D eigenvalue weighted by Crippen LogP contribution is 2.31. The molecule has 21 heavy (non-hydrogen) atoms. The number of hydrogen-bond acceptors (Lipinski definition) is 3. The number of piperidine rings is 1. The van der Waals surface area contributed by atoms with E-state index in [-0.39, 0.29) is 0 Å². The lowest BCUT2D eigenvalue weighted by Gasteiger charge is -2.50. The van der Waals surface area contributed by atoms with E-state index in [1.165, 1.54) is 64.7 Å². The zero-order chi connectivity index (χ0) is 14.8. The fourth-order valence-electron chi connectivity index (χ4n) is 5.06.